The van der Waals surface area contributed by atoms with Crippen molar-refractivity contribution in [3.8, 4) is 11.5 Å². The van der Waals surface area contributed by atoms with Crippen LogP contribution in [0.5, 0.6) is 11.5 Å². The lowest BCUT2D eigenvalue weighted by atomic mass is 10.3. The summed E-state index contributed by atoms with van der Waals surface area (Å²) in [5.41, 5.74) is 0.325. The minimum atomic E-state index is -1.11. The van der Waals surface area contributed by atoms with Crippen molar-refractivity contribution in [1.29, 1.82) is 0 Å². The van der Waals surface area contributed by atoms with Crippen LogP contribution in [0.2, 0.25) is 0 Å². The summed E-state index contributed by atoms with van der Waals surface area (Å²) in [5.74, 6) is -2.19. The van der Waals surface area contributed by atoms with Crippen molar-refractivity contribution >= 4 is 59.6 Å². The maximum atomic E-state index is 13.6. The van der Waals surface area contributed by atoms with E-state index >= 15 is 0 Å². The smallest absolute Gasteiger partial charge is 0.459 e. The first kappa shape index (κ1) is 38.0. The lowest BCUT2D eigenvalue weighted by Gasteiger charge is -2.27. The molecule has 2 aliphatic rings. The zero-order chi connectivity index (χ0) is 35.4. The first-order valence-electron chi connectivity index (χ1n) is 15.1. The van der Waals surface area contributed by atoms with Crippen molar-refractivity contribution in [2.45, 2.75) is 63.2 Å². The van der Waals surface area contributed by atoms with Gasteiger partial charge in [-0.15, -0.1) is 0 Å². The van der Waals surface area contributed by atoms with Gasteiger partial charge in [-0.3, -0.25) is 9.59 Å². The molecule has 1 fully saturated rings. The molecule has 0 spiro atoms. The van der Waals surface area contributed by atoms with E-state index < -0.39 is 36.1 Å². The Morgan fingerprint density at radius 2 is 1.04 bits per heavy atom. The number of hydrazine groups is 1. The normalized spacial score (nSPS) is 13.7. The molecule has 0 atom stereocenters. The highest BCUT2D eigenvalue weighted by molar-refractivity contribution is 8.25. The van der Waals surface area contributed by atoms with E-state index in [1.807, 2.05) is 13.8 Å². The lowest BCUT2D eigenvalue weighted by molar-refractivity contribution is -0.147. The molecule has 0 radical (unpaired) electrons. The van der Waals surface area contributed by atoms with E-state index in [0.717, 1.165) is 36.4 Å². The number of unbranched alkanes of at least 4 members (excludes halogenated alkanes) is 2. The number of amides is 2. The largest absolute Gasteiger partial charge is 0.514 e. The van der Waals surface area contributed by atoms with E-state index in [4.69, 9.17) is 28.4 Å². The molecule has 48 heavy (non-hydrogen) atoms. The number of carbonyl (C=O) groups excluding carboxylic acids is 6. The number of rotatable bonds is 16. The van der Waals surface area contributed by atoms with Crippen LogP contribution in [-0.2, 0) is 38.1 Å². The highest BCUT2D eigenvalue weighted by atomic mass is 32.2. The fraction of sp³-hybridized carbons (Fsp3) is 0.438. The molecule has 2 heterocycles. The topological polar surface area (TPSA) is 164 Å². The molecule has 1 aromatic rings. The Morgan fingerprint density at radius 1 is 0.667 bits per heavy atom. The average Bonchev–Trinajstić information content (AvgIpc) is 3.58. The van der Waals surface area contributed by atoms with Crippen LogP contribution in [0.1, 0.15) is 53.4 Å². The van der Waals surface area contributed by atoms with Gasteiger partial charge in [0.15, 0.2) is 0 Å². The summed E-state index contributed by atoms with van der Waals surface area (Å²) in [6.45, 7) is 13.6. The fourth-order valence-corrected chi connectivity index (χ4v) is 6.64. The highest BCUT2D eigenvalue weighted by Gasteiger charge is 2.44. The van der Waals surface area contributed by atoms with E-state index in [0.29, 0.717) is 30.2 Å². The average molecular weight is 707 g/mol. The van der Waals surface area contributed by atoms with Crippen molar-refractivity contribution in [3.05, 3.63) is 46.2 Å². The molecule has 0 aliphatic carbocycles. The second-order valence-electron chi connectivity index (χ2n) is 10.4. The quantitative estimate of drug-likeness (QED) is 0.0525. The SMILES string of the molecule is C=C(C)C(=O)OCCOC(=O)Oc1ccc(OC(=O)OCCOC(=O)C(=C)C)c2c1SC(=C1C(=O)N(CCCC)N(CCCC)C1=O)S2. The van der Waals surface area contributed by atoms with E-state index in [9.17, 15) is 28.8 Å². The Hall–Kier alpha value is -4.44. The first-order valence-corrected chi connectivity index (χ1v) is 16.8. The van der Waals surface area contributed by atoms with Crippen LogP contribution in [0.25, 0.3) is 0 Å². The minimum Gasteiger partial charge on any atom is -0.459 e. The van der Waals surface area contributed by atoms with Crippen molar-refractivity contribution in [2.24, 2.45) is 0 Å². The summed E-state index contributed by atoms with van der Waals surface area (Å²) < 4.78 is 31.0. The zero-order valence-corrected chi connectivity index (χ0v) is 28.9. The molecule has 1 saturated heterocycles. The Bertz CT molecular complexity index is 1400. The van der Waals surface area contributed by atoms with E-state index in [1.165, 1.54) is 36.0 Å². The Morgan fingerprint density at radius 3 is 1.40 bits per heavy atom. The van der Waals surface area contributed by atoms with Crippen LogP contribution in [0.15, 0.2) is 56.0 Å². The predicted octanol–water partition coefficient (Wildman–Crippen LogP) is 5.55. The van der Waals surface area contributed by atoms with Gasteiger partial charge < -0.3 is 28.4 Å². The molecule has 2 amide bonds. The van der Waals surface area contributed by atoms with Crippen LogP contribution in [-0.4, -0.2) is 85.6 Å². The third kappa shape index (κ3) is 10.0. The number of fused-ring (bicyclic) bond motifs is 1. The van der Waals surface area contributed by atoms with Crippen molar-refractivity contribution in [1.82, 2.24) is 10.0 Å². The van der Waals surface area contributed by atoms with Gasteiger partial charge in [0.25, 0.3) is 11.8 Å². The van der Waals surface area contributed by atoms with Gasteiger partial charge in [-0.05, 0) is 38.8 Å². The molecule has 3 rings (SSSR count). The summed E-state index contributed by atoms with van der Waals surface area (Å²) in [4.78, 5) is 75.9. The molecular weight excluding hydrogens is 668 g/mol. The molecule has 0 N–H and O–H groups in total. The van der Waals surface area contributed by atoms with Crippen LogP contribution in [0, 0.1) is 0 Å². The van der Waals surface area contributed by atoms with Gasteiger partial charge >= 0.3 is 24.2 Å². The van der Waals surface area contributed by atoms with Crippen molar-refractivity contribution < 1.29 is 57.2 Å². The summed E-state index contributed by atoms with van der Waals surface area (Å²) in [6.07, 6.45) is 0.809. The Kier molecular flexibility index (Phi) is 14.4. The summed E-state index contributed by atoms with van der Waals surface area (Å²) in [6, 6.07) is 2.69. The maximum absolute atomic E-state index is 13.6. The van der Waals surface area contributed by atoms with Gasteiger partial charge in [0, 0.05) is 24.2 Å². The van der Waals surface area contributed by atoms with Gasteiger partial charge in [-0.1, -0.05) is 63.4 Å². The van der Waals surface area contributed by atoms with Crippen LogP contribution < -0.4 is 9.47 Å². The Labute approximate surface area is 286 Å². The lowest BCUT2D eigenvalue weighted by Crippen LogP contribution is -2.42. The molecule has 0 saturated carbocycles. The standard InChI is InChI=1S/C32H38N2O12S2/c1-7-9-13-33-26(35)23(27(36)34(33)14-10-8-2)30-47-24-21(45-31(39)43-17-15-41-28(37)19(3)4)11-12-22(25(24)48-30)46-32(40)44-18-16-42-29(38)20(5)6/h11-12H,3,5,7-10,13-18H2,1-2,4,6H3. The van der Waals surface area contributed by atoms with Gasteiger partial charge in [0.05, 0.1) is 14.0 Å². The van der Waals surface area contributed by atoms with Crippen LogP contribution >= 0.6 is 23.5 Å². The van der Waals surface area contributed by atoms with Gasteiger partial charge in [-0.2, -0.15) is 0 Å². The number of benzene rings is 1. The van der Waals surface area contributed by atoms with Crippen molar-refractivity contribution in [2.75, 3.05) is 39.5 Å². The number of nitrogens with zero attached hydrogens (tertiary/aromatic N) is 2. The fourth-order valence-electron chi connectivity index (χ4n) is 4.00. The van der Waals surface area contributed by atoms with E-state index in [2.05, 4.69) is 13.2 Å². The summed E-state index contributed by atoms with van der Waals surface area (Å²) in [5, 5.41) is 2.91. The van der Waals surface area contributed by atoms with Crippen LogP contribution in [0.4, 0.5) is 9.59 Å². The molecule has 0 aromatic heterocycles. The van der Waals surface area contributed by atoms with Gasteiger partial charge in [-0.25, -0.2) is 29.2 Å². The monoisotopic (exact) mass is 706 g/mol. The van der Waals surface area contributed by atoms with Gasteiger partial charge in [0.2, 0.25) is 0 Å². The number of hydrogen-bond acceptors (Lipinski definition) is 14. The molecule has 14 nitrogen and oxygen atoms in total. The molecule has 0 bridgehead atoms. The van der Waals surface area contributed by atoms with E-state index in [1.54, 1.807) is 0 Å². The van der Waals surface area contributed by atoms with Crippen molar-refractivity contribution in [3.63, 3.8) is 0 Å². The number of ether oxygens (including phenoxy) is 6. The van der Waals surface area contributed by atoms with E-state index in [-0.39, 0.29) is 64.4 Å². The summed E-state index contributed by atoms with van der Waals surface area (Å²) in [7, 11) is 0. The molecule has 260 valence electrons. The predicted molar refractivity (Wildman–Crippen MR) is 174 cm³/mol. The summed E-state index contributed by atoms with van der Waals surface area (Å²) >= 11 is 2.01. The number of carbonyl (C=O) groups is 6. The van der Waals surface area contributed by atoms with Crippen LogP contribution in [0.3, 0.4) is 0 Å². The molecule has 0 unspecified atom stereocenters. The molecule has 16 heteroatoms. The Balaban J connectivity index is 1.85. The highest BCUT2D eigenvalue weighted by Crippen LogP contribution is 2.59. The number of thioether (sulfide) groups is 2. The zero-order valence-electron chi connectivity index (χ0n) is 27.2. The molecule has 1 aromatic carbocycles. The molecular formula is C32H38N2O12S2. The molecule has 2 aliphatic heterocycles. The number of esters is 2. The third-order valence-electron chi connectivity index (χ3n) is 6.42. The minimum absolute atomic E-state index is 0.00183. The number of hydrogen-bond donors (Lipinski definition) is 0. The second kappa shape index (κ2) is 18.2. The van der Waals surface area contributed by atoms with Gasteiger partial charge in [0.1, 0.15) is 43.5 Å². The maximum Gasteiger partial charge on any atom is 0.514 e. The third-order valence-corrected chi connectivity index (χ3v) is 9.05. The second-order valence-corrected chi connectivity index (χ2v) is 12.7. The first-order chi connectivity index (χ1) is 22.9.